The van der Waals surface area contributed by atoms with Gasteiger partial charge in [-0.15, -0.1) is 0 Å². The number of rotatable bonds is 5. The van der Waals surface area contributed by atoms with E-state index in [1.54, 1.807) is 11.9 Å². The highest BCUT2D eigenvalue weighted by Gasteiger charge is 2.22. The predicted octanol–water partition coefficient (Wildman–Crippen LogP) is 4.43. The van der Waals surface area contributed by atoms with Crippen LogP contribution in [0.5, 0.6) is 0 Å². The third-order valence-electron chi connectivity index (χ3n) is 4.22. The van der Waals surface area contributed by atoms with E-state index in [0.29, 0.717) is 0 Å². The van der Waals surface area contributed by atoms with Crippen LogP contribution in [-0.4, -0.2) is 29.8 Å². The average molecular weight is 342 g/mol. The first kappa shape index (κ1) is 18.9. The molecule has 1 aliphatic heterocycles. The maximum Gasteiger partial charge on any atom is 0.181 e. The van der Waals surface area contributed by atoms with E-state index < -0.39 is 0 Å². The highest BCUT2D eigenvalue weighted by Crippen LogP contribution is 2.28. The van der Waals surface area contributed by atoms with Crippen molar-refractivity contribution >= 4 is 11.4 Å². The summed E-state index contributed by atoms with van der Waals surface area (Å²) >= 11 is 0. The lowest BCUT2D eigenvalue weighted by atomic mass is 9.98. The van der Waals surface area contributed by atoms with Crippen molar-refractivity contribution in [1.29, 1.82) is 0 Å². The average Bonchev–Trinajstić information content (AvgIpc) is 2.61. The largest absolute Gasteiger partial charge is 0.334 e. The van der Waals surface area contributed by atoms with Gasteiger partial charge in [0.05, 0.1) is 0 Å². The summed E-state index contributed by atoms with van der Waals surface area (Å²) in [5.41, 5.74) is 4.36. The minimum Gasteiger partial charge on any atom is -0.334 e. The Morgan fingerprint density at radius 2 is 2.16 bits per heavy atom. The van der Waals surface area contributed by atoms with Crippen molar-refractivity contribution in [2.75, 3.05) is 14.1 Å². The summed E-state index contributed by atoms with van der Waals surface area (Å²) in [5, 5.41) is 3.14. The van der Waals surface area contributed by atoms with Crippen LogP contribution in [0, 0.1) is 0 Å². The van der Waals surface area contributed by atoms with Gasteiger partial charge in [-0.1, -0.05) is 38.0 Å². The smallest absolute Gasteiger partial charge is 0.181 e. The van der Waals surface area contributed by atoms with E-state index in [4.69, 9.17) is 0 Å². The number of aryl methyl sites for hydroxylation is 1. The second kappa shape index (κ2) is 8.60. The standard InChI is InChI=1S/C20H27FN4/c1-6-9-18-15(10-8-11-23-18)16(12-14(3)7-2)20-24-19(22-4)17(21)13-25(20)5/h8,10-13H,6-7,9H2,1-5H3,(H,22,24)/b14-12?,20-16+. The molecule has 134 valence electrons. The van der Waals surface area contributed by atoms with E-state index in [2.05, 4.69) is 48.2 Å². The zero-order valence-corrected chi connectivity index (χ0v) is 15.7. The maximum absolute atomic E-state index is 14.0. The fraction of sp³-hybridized carbons (Fsp3) is 0.400. The summed E-state index contributed by atoms with van der Waals surface area (Å²) in [5.74, 6) is 0.679. The summed E-state index contributed by atoms with van der Waals surface area (Å²) in [6.07, 6.45) is 8.29. The number of aromatic nitrogens is 1. The molecule has 0 bridgehead atoms. The first-order valence-electron chi connectivity index (χ1n) is 8.71. The molecule has 0 fully saturated rings. The van der Waals surface area contributed by atoms with Crippen molar-refractivity contribution in [1.82, 2.24) is 15.2 Å². The van der Waals surface area contributed by atoms with Gasteiger partial charge in [-0.3, -0.25) is 9.98 Å². The second-order valence-electron chi connectivity index (χ2n) is 6.14. The van der Waals surface area contributed by atoms with E-state index in [0.717, 1.165) is 41.9 Å². The van der Waals surface area contributed by atoms with Crippen LogP contribution >= 0.6 is 0 Å². The highest BCUT2D eigenvalue weighted by atomic mass is 19.1. The summed E-state index contributed by atoms with van der Waals surface area (Å²) < 4.78 is 14.0. The lowest BCUT2D eigenvalue weighted by Crippen LogP contribution is -2.37. The molecular formula is C20H27FN4. The molecular weight excluding hydrogens is 315 g/mol. The van der Waals surface area contributed by atoms with Crippen molar-refractivity contribution in [3.05, 3.63) is 59.1 Å². The quantitative estimate of drug-likeness (QED) is 0.860. The fourth-order valence-corrected chi connectivity index (χ4v) is 2.72. The van der Waals surface area contributed by atoms with Gasteiger partial charge >= 0.3 is 0 Å². The molecule has 5 heteroatoms. The summed E-state index contributed by atoms with van der Waals surface area (Å²) in [6, 6.07) is 4.02. The fourth-order valence-electron chi connectivity index (χ4n) is 2.72. The molecule has 1 aromatic rings. The number of pyridine rings is 1. The van der Waals surface area contributed by atoms with Crippen molar-refractivity contribution in [2.24, 2.45) is 4.99 Å². The van der Waals surface area contributed by atoms with Crippen LogP contribution in [0.2, 0.25) is 0 Å². The Morgan fingerprint density at radius 1 is 1.40 bits per heavy atom. The Hall–Kier alpha value is -2.43. The number of aliphatic imine (C=N–C) groups is 1. The number of allylic oxidation sites excluding steroid dienone is 3. The molecule has 0 radical (unpaired) electrons. The molecule has 0 spiro atoms. The van der Waals surface area contributed by atoms with Crippen molar-refractivity contribution < 1.29 is 4.39 Å². The van der Waals surface area contributed by atoms with Crippen LogP contribution in [-0.2, 0) is 6.42 Å². The second-order valence-corrected chi connectivity index (χ2v) is 6.14. The van der Waals surface area contributed by atoms with E-state index in [9.17, 15) is 4.39 Å². The Bertz CT molecular complexity index is 744. The third-order valence-corrected chi connectivity index (χ3v) is 4.22. The number of halogens is 1. The van der Waals surface area contributed by atoms with Gasteiger partial charge in [0.2, 0.25) is 0 Å². The van der Waals surface area contributed by atoms with Crippen LogP contribution in [0.15, 0.2) is 52.8 Å². The van der Waals surface area contributed by atoms with Crippen molar-refractivity contribution in [3.63, 3.8) is 0 Å². The molecule has 0 unspecified atom stereocenters. The van der Waals surface area contributed by atoms with Crippen LogP contribution in [0.25, 0.3) is 5.57 Å². The molecule has 1 aromatic heterocycles. The van der Waals surface area contributed by atoms with Crippen molar-refractivity contribution in [3.8, 4) is 0 Å². The van der Waals surface area contributed by atoms with Gasteiger partial charge in [0, 0.05) is 43.3 Å². The first-order chi connectivity index (χ1) is 12.0. The number of hydrogen-bond donors (Lipinski definition) is 1. The zero-order chi connectivity index (χ0) is 18.4. The molecule has 0 saturated carbocycles. The lowest BCUT2D eigenvalue weighted by Gasteiger charge is -2.28. The van der Waals surface area contributed by atoms with E-state index in [1.165, 1.54) is 11.8 Å². The van der Waals surface area contributed by atoms with Crippen LogP contribution in [0.4, 0.5) is 4.39 Å². The van der Waals surface area contributed by atoms with Gasteiger partial charge in [0.25, 0.3) is 0 Å². The molecule has 0 aromatic carbocycles. The SMILES string of the molecule is CCCc1ncccc1/C(C=C(C)CC)=C1\NC(=NC)C(F)=CN1C. The normalized spacial score (nSPS) is 19.0. The Labute approximate surface area is 149 Å². The molecule has 2 rings (SSSR count). The summed E-state index contributed by atoms with van der Waals surface area (Å²) in [6.45, 7) is 6.37. The first-order valence-corrected chi connectivity index (χ1v) is 8.71. The van der Waals surface area contributed by atoms with E-state index in [1.807, 2.05) is 19.3 Å². The summed E-state index contributed by atoms with van der Waals surface area (Å²) in [4.78, 5) is 10.3. The predicted molar refractivity (Wildman–Crippen MR) is 103 cm³/mol. The van der Waals surface area contributed by atoms with Crippen LogP contribution in [0.1, 0.15) is 44.9 Å². The summed E-state index contributed by atoms with van der Waals surface area (Å²) in [7, 11) is 3.41. The highest BCUT2D eigenvalue weighted by molar-refractivity contribution is 5.99. The van der Waals surface area contributed by atoms with Crippen molar-refractivity contribution in [2.45, 2.75) is 40.0 Å². The number of nitrogens with zero attached hydrogens (tertiary/aromatic N) is 3. The molecule has 4 nitrogen and oxygen atoms in total. The molecule has 2 heterocycles. The number of amidine groups is 1. The van der Waals surface area contributed by atoms with Crippen LogP contribution < -0.4 is 5.32 Å². The molecule has 0 atom stereocenters. The molecule has 1 N–H and O–H groups in total. The molecule has 0 saturated heterocycles. The number of hydrogen-bond acceptors (Lipinski definition) is 3. The molecule has 0 aliphatic carbocycles. The van der Waals surface area contributed by atoms with Gasteiger partial charge in [0.1, 0.15) is 5.82 Å². The van der Waals surface area contributed by atoms with Gasteiger partial charge in [0.15, 0.2) is 11.7 Å². The maximum atomic E-state index is 14.0. The lowest BCUT2D eigenvalue weighted by molar-refractivity contribution is 0.497. The van der Waals surface area contributed by atoms with Gasteiger partial charge in [-0.05, 0) is 25.8 Å². The van der Waals surface area contributed by atoms with Gasteiger partial charge in [-0.25, -0.2) is 4.39 Å². The Kier molecular flexibility index (Phi) is 6.51. The third kappa shape index (κ3) is 4.35. The molecule has 25 heavy (non-hydrogen) atoms. The number of nitrogens with one attached hydrogen (secondary N) is 1. The monoisotopic (exact) mass is 342 g/mol. The Balaban J connectivity index is 2.70. The minimum absolute atomic E-state index is 0.245. The molecule has 0 amide bonds. The Morgan fingerprint density at radius 3 is 2.80 bits per heavy atom. The van der Waals surface area contributed by atoms with E-state index in [-0.39, 0.29) is 11.7 Å². The topological polar surface area (TPSA) is 40.5 Å². The van der Waals surface area contributed by atoms with Gasteiger partial charge < -0.3 is 10.2 Å². The van der Waals surface area contributed by atoms with Crippen LogP contribution in [0.3, 0.4) is 0 Å². The van der Waals surface area contributed by atoms with Gasteiger partial charge in [-0.2, -0.15) is 0 Å². The zero-order valence-electron chi connectivity index (χ0n) is 15.7. The van der Waals surface area contributed by atoms with E-state index >= 15 is 0 Å². The molecule has 1 aliphatic rings. The minimum atomic E-state index is -0.371.